The van der Waals surface area contributed by atoms with Crippen molar-refractivity contribution >= 4 is 17.5 Å². The minimum Gasteiger partial charge on any atom is -0.340 e. The van der Waals surface area contributed by atoms with Crippen molar-refractivity contribution in [2.75, 3.05) is 38.6 Å². The number of hydrogen-bond acceptors (Lipinski definition) is 3. The van der Waals surface area contributed by atoms with Crippen LogP contribution in [0.25, 0.3) is 0 Å². The number of halogens is 1. The predicted octanol–water partition coefficient (Wildman–Crippen LogP) is 0.807. The minimum atomic E-state index is 0.0309. The summed E-state index contributed by atoms with van der Waals surface area (Å²) in [4.78, 5) is 20.5. The quantitative estimate of drug-likeness (QED) is 0.763. The molecule has 2 rings (SSSR count). The molecule has 1 aliphatic heterocycles. The van der Waals surface area contributed by atoms with Gasteiger partial charge in [0.05, 0.1) is 6.33 Å². The maximum atomic E-state index is 12.2. The highest BCUT2D eigenvalue weighted by Crippen LogP contribution is 2.07. The molecule has 100 valence electrons. The van der Waals surface area contributed by atoms with Gasteiger partial charge in [0.25, 0.3) is 5.91 Å². The van der Waals surface area contributed by atoms with Crippen molar-refractivity contribution in [3.05, 3.63) is 18.2 Å². The van der Waals surface area contributed by atoms with Gasteiger partial charge in [-0.3, -0.25) is 4.79 Å². The van der Waals surface area contributed by atoms with Crippen LogP contribution < -0.4 is 0 Å². The fourth-order valence-electron chi connectivity index (χ4n) is 2.20. The first-order valence-electron chi connectivity index (χ1n) is 6.26. The highest BCUT2D eigenvalue weighted by Gasteiger charge is 2.21. The molecule has 0 unspecified atom stereocenters. The molecule has 1 amide bonds. The Morgan fingerprint density at radius 2 is 2.22 bits per heavy atom. The molecular formula is C12H19ClN4O. The number of nitrogens with zero attached hydrogens (tertiary/aromatic N) is 4. The van der Waals surface area contributed by atoms with Crippen LogP contribution in [0.15, 0.2) is 12.5 Å². The molecule has 0 spiro atoms. The molecule has 0 bridgehead atoms. The Kier molecular flexibility index (Phi) is 4.60. The first-order valence-corrected chi connectivity index (χ1v) is 6.79. The van der Waals surface area contributed by atoms with Gasteiger partial charge in [0.1, 0.15) is 5.69 Å². The van der Waals surface area contributed by atoms with E-state index in [4.69, 9.17) is 11.6 Å². The Morgan fingerprint density at radius 1 is 1.39 bits per heavy atom. The molecule has 1 fully saturated rings. The second-order valence-electron chi connectivity index (χ2n) is 4.60. The van der Waals surface area contributed by atoms with Crippen LogP contribution in [0.2, 0.25) is 0 Å². The Bertz CT molecular complexity index is 407. The van der Waals surface area contributed by atoms with Crippen LogP contribution in [0, 0.1) is 0 Å². The zero-order valence-corrected chi connectivity index (χ0v) is 11.4. The lowest BCUT2D eigenvalue weighted by Crippen LogP contribution is -2.35. The largest absolute Gasteiger partial charge is 0.340 e. The van der Waals surface area contributed by atoms with Gasteiger partial charge in [-0.15, -0.1) is 11.6 Å². The normalized spacial score (nSPS) is 17.8. The van der Waals surface area contributed by atoms with Gasteiger partial charge in [0, 0.05) is 45.3 Å². The van der Waals surface area contributed by atoms with Crippen molar-refractivity contribution in [1.29, 1.82) is 0 Å². The second-order valence-corrected chi connectivity index (χ2v) is 4.98. The molecule has 0 atom stereocenters. The number of aromatic nitrogens is 2. The average Bonchev–Trinajstić information content (AvgIpc) is 2.65. The van der Waals surface area contributed by atoms with Crippen LogP contribution in [0.5, 0.6) is 0 Å². The molecule has 18 heavy (non-hydrogen) atoms. The van der Waals surface area contributed by atoms with Crippen molar-refractivity contribution < 1.29 is 4.79 Å². The standard InChI is InChI=1S/C12H19ClN4O/c1-15-9-11(14-10-15)12(18)17-5-2-4-16(6-3-13)7-8-17/h9-10H,2-8H2,1H3. The molecule has 0 aromatic carbocycles. The average molecular weight is 271 g/mol. The van der Waals surface area contributed by atoms with E-state index < -0.39 is 0 Å². The first-order chi connectivity index (χ1) is 8.70. The molecule has 1 aliphatic rings. The van der Waals surface area contributed by atoms with Crippen molar-refractivity contribution in [2.45, 2.75) is 6.42 Å². The maximum Gasteiger partial charge on any atom is 0.274 e. The summed E-state index contributed by atoms with van der Waals surface area (Å²) in [7, 11) is 1.87. The first kappa shape index (κ1) is 13.4. The SMILES string of the molecule is Cn1cnc(C(=O)N2CCCN(CCCl)CC2)c1. The molecule has 2 heterocycles. The van der Waals surface area contributed by atoms with Crippen LogP contribution in [-0.4, -0.2) is 63.9 Å². The van der Waals surface area contributed by atoms with Crippen LogP contribution in [0.4, 0.5) is 0 Å². The molecule has 1 saturated heterocycles. The van der Waals surface area contributed by atoms with E-state index in [-0.39, 0.29) is 5.91 Å². The van der Waals surface area contributed by atoms with Gasteiger partial charge in [-0.2, -0.15) is 0 Å². The smallest absolute Gasteiger partial charge is 0.274 e. The summed E-state index contributed by atoms with van der Waals surface area (Å²) in [5.41, 5.74) is 0.531. The van der Waals surface area contributed by atoms with Crippen molar-refractivity contribution in [3.63, 3.8) is 0 Å². The number of imidazole rings is 1. The molecule has 1 aromatic heterocycles. The van der Waals surface area contributed by atoms with Gasteiger partial charge in [0.15, 0.2) is 0 Å². The predicted molar refractivity (Wildman–Crippen MR) is 70.9 cm³/mol. The summed E-state index contributed by atoms with van der Waals surface area (Å²) in [5, 5.41) is 0. The lowest BCUT2D eigenvalue weighted by molar-refractivity contribution is 0.0756. The summed E-state index contributed by atoms with van der Waals surface area (Å²) in [5.74, 6) is 0.678. The molecule has 0 saturated carbocycles. The molecule has 0 N–H and O–H groups in total. The Morgan fingerprint density at radius 3 is 2.89 bits per heavy atom. The third-order valence-corrected chi connectivity index (χ3v) is 3.37. The topological polar surface area (TPSA) is 41.4 Å². The fraction of sp³-hybridized carbons (Fsp3) is 0.667. The number of aryl methyl sites for hydroxylation is 1. The van der Waals surface area contributed by atoms with Crippen LogP contribution >= 0.6 is 11.6 Å². The van der Waals surface area contributed by atoms with Gasteiger partial charge in [-0.05, 0) is 13.0 Å². The summed E-state index contributed by atoms with van der Waals surface area (Å²) in [6.07, 6.45) is 4.42. The number of alkyl halides is 1. The van der Waals surface area contributed by atoms with Gasteiger partial charge in [-0.25, -0.2) is 4.98 Å². The lowest BCUT2D eigenvalue weighted by atomic mass is 10.3. The lowest BCUT2D eigenvalue weighted by Gasteiger charge is -2.20. The van der Waals surface area contributed by atoms with E-state index in [2.05, 4.69) is 9.88 Å². The fourth-order valence-corrected chi connectivity index (χ4v) is 2.44. The van der Waals surface area contributed by atoms with E-state index in [9.17, 15) is 4.79 Å². The van der Waals surface area contributed by atoms with Gasteiger partial charge < -0.3 is 14.4 Å². The number of rotatable bonds is 3. The zero-order valence-electron chi connectivity index (χ0n) is 10.7. The van der Waals surface area contributed by atoms with Crippen molar-refractivity contribution in [1.82, 2.24) is 19.4 Å². The van der Waals surface area contributed by atoms with Gasteiger partial charge in [-0.1, -0.05) is 0 Å². The Balaban J connectivity index is 1.95. The van der Waals surface area contributed by atoms with Crippen LogP contribution in [0.3, 0.4) is 0 Å². The van der Waals surface area contributed by atoms with E-state index in [1.165, 1.54) is 0 Å². The van der Waals surface area contributed by atoms with Crippen molar-refractivity contribution in [2.24, 2.45) is 7.05 Å². The molecule has 1 aromatic rings. The highest BCUT2D eigenvalue weighted by atomic mass is 35.5. The van der Waals surface area contributed by atoms with Crippen molar-refractivity contribution in [3.8, 4) is 0 Å². The number of hydrogen-bond donors (Lipinski definition) is 0. The summed E-state index contributed by atoms with van der Waals surface area (Å²) >= 11 is 5.75. The van der Waals surface area contributed by atoms with E-state index in [0.29, 0.717) is 11.6 Å². The van der Waals surface area contributed by atoms with Crippen LogP contribution in [-0.2, 0) is 7.05 Å². The molecular weight excluding hydrogens is 252 g/mol. The third kappa shape index (κ3) is 3.23. The summed E-state index contributed by atoms with van der Waals surface area (Å²) in [6, 6.07) is 0. The number of carbonyl (C=O) groups excluding carboxylic acids is 1. The van der Waals surface area contributed by atoms with E-state index in [1.807, 2.05) is 11.9 Å². The highest BCUT2D eigenvalue weighted by molar-refractivity contribution is 6.18. The van der Waals surface area contributed by atoms with E-state index >= 15 is 0 Å². The number of amides is 1. The molecule has 6 heteroatoms. The molecule has 5 nitrogen and oxygen atoms in total. The third-order valence-electron chi connectivity index (χ3n) is 3.20. The summed E-state index contributed by atoms with van der Waals surface area (Å²) < 4.78 is 1.80. The second kappa shape index (κ2) is 6.20. The molecule has 0 radical (unpaired) electrons. The molecule has 0 aliphatic carbocycles. The number of carbonyl (C=O) groups is 1. The Hall–Kier alpha value is -1.07. The van der Waals surface area contributed by atoms with Crippen LogP contribution in [0.1, 0.15) is 16.9 Å². The monoisotopic (exact) mass is 270 g/mol. The van der Waals surface area contributed by atoms with E-state index in [0.717, 1.165) is 39.1 Å². The summed E-state index contributed by atoms with van der Waals surface area (Å²) in [6.45, 7) is 4.36. The Labute approximate surface area is 112 Å². The maximum absolute atomic E-state index is 12.2. The minimum absolute atomic E-state index is 0.0309. The zero-order chi connectivity index (χ0) is 13.0. The van der Waals surface area contributed by atoms with Gasteiger partial charge in [0.2, 0.25) is 0 Å². The van der Waals surface area contributed by atoms with E-state index in [1.54, 1.807) is 17.1 Å². The van der Waals surface area contributed by atoms with Gasteiger partial charge >= 0.3 is 0 Å².